The van der Waals surface area contributed by atoms with Crippen LogP contribution in [0.15, 0.2) is 12.2 Å². The number of nitrogens with one attached hydrogen (secondary N) is 1. The molecule has 0 spiro atoms. The first-order valence-electron chi connectivity index (χ1n) is 5.15. The molecule has 0 bridgehead atoms. The molecular weight excluding hydrogens is 176 g/mol. The summed E-state index contributed by atoms with van der Waals surface area (Å²) in [7, 11) is 4.35. The van der Waals surface area contributed by atoms with E-state index >= 15 is 0 Å². The van der Waals surface area contributed by atoms with Crippen LogP contribution in [0.1, 0.15) is 20.3 Å². The van der Waals surface area contributed by atoms with Gasteiger partial charge >= 0.3 is 0 Å². The van der Waals surface area contributed by atoms with E-state index < -0.39 is 0 Å². The highest BCUT2D eigenvalue weighted by atomic mass is 16.1. The Labute approximate surface area is 87.4 Å². The molecule has 1 N–H and O–H groups in total. The number of carbonyl (C=O) groups is 1. The predicted octanol–water partition coefficient (Wildman–Crippen LogP) is 1.17. The summed E-state index contributed by atoms with van der Waals surface area (Å²) in [5.41, 5.74) is 0.575. The molecule has 1 amide bonds. The van der Waals surface area contributed by atoms with E-state index in [0.717, 1.165) is 24.1 Å². The molecule has 0 radical (unpaired) electrons. The van der Waals surface area contributed by atoms with Crippen molar-refractivity contribution in [2.75, 3.05) is 33.7 Å². The number of carbonyl (C=O) groups excluding carboxylic acids is 1. The molecule has 14 heavy (non-hydrogen) atoms. The number of quaternary nitrogens is 1. The third-order valence-electron chi connectivity index (χ3n) is 2.22. The average molecular weight is 199 g/mol. The van der Waals surface area contributed by atoms with Crippen LogP contribution in [0.5, 0.6) is 0 Å². The van der Waals surface area contributed by atoms with E-state index in [1.807, 2.05) is 0 Å². The minimum atomic E-state index is -0.0403. The van der Waals surface area contributed by atoms with Gasteiger partial charge in [0, 0.05) is 5.57 Å². The Hall–Kier alpha value is -0.830. The van der Waals surface area contributed by atoms with Gasteiger partial charge in [-0.3, -0.25) is 4.79 Å². The highest BCUT2D eigenvalue weighted by Crippen LogP contribution is 1.97. The number of rotatable bonds is 6. The maximum absolute atomic E-state index is 11.2. The van der Waals surface area contributed by atoms with E-state index in [9.17, 15) is 4.79 Å². The van der Waals surface area contributed by atoms with Gasteiger partial charge in [0.05, 0.1) is 33.7 Å². The van der Waals surface area contributed by atoms with Crippen LogP contribution < -0.4 is 5.32 Å². The lowest BCUT2D eigenvalue weighted by molar-refractivity contribution is -0.889. The van der Waals surface area contributed by atoms with Gasteiger partial charge in [-0.05, 0) is 13.3 Å². The second-order valence-corrected chi connectivity index (χ2v) is 4.42. The van der Waals surface area contributed by atoms with Gasteiger partial charge in [0.15, 0.2) is 0 Å². The third kappa shape index (κ3) is 5.75. The van der Waals surface area contributed by atoms with Crippen molar-refractivity contribution in [1.29, 1.82) is 0 Å². The van der Waals surface area contributed by atoms with Crippen molar-refractivity contribution in [2.45, 2.75) is 20.3 Å². The van der Waals surface area contributed by atoms with E-state index in [0.29, 0.717) is 5.57 Å². The lowest BCUT2D eigenvalue weighted by Crippen LogP contribution is -2.45. The molecule has 0 aromatic carbocycles. The van der Waals surface area contributed by atoms with E-state index in [-0.39, 0.29) is 5.91 Å². The normalized spacial score (nSPS) is 11.1. The second-order valence-electron chi connectivity index (χ2n) is 4.42. The molecule has 0 fully saturated rings. The van der Waals surface area contributed by atoms with Crippen LogP contribution in [-0.2, 0) is 4.79 Å². The van der Waals surface area contributed by atoms with E-state index in [2.05, 4.69) is 32.9 Å². The molecule has 0 aliphatic heterocycles. The standard InChI is InChI=1S/C11H22N2O/c1-6-8-13(4,5)9-7-12-11(14)10(2)3/h2,6-9H2,1,3-5H3/p+1. The van der Waals surface area contributed by atoms with Gasteiger partial charge in [0.25, 0.3) is 0 Å². The fourth-order valence-electron chi connectivity index (χ4n) is 1.34. The summed E-state index contributed by atoms with van der Waals surface area (Å²) in [5.74, 6) is -0.0403. The lowest BCUT2D eigenvalue weighted by Gasteiger charge is -2.29. The van der Waals surface area contributed by atoms with Crippen LogP contribution in [0.4, 0.5) is 0 Å². The number of likely N-dealkylation sites (N-methyl/N-ethyl adjacent to an activating group) is 1. The molecule has 3 heteroatoms. The first-order chi connectivity index (χ1) is 6.39. The minimum Gasteiger partial charge on any atom is -0.347 e. The largest absolute Gasteiger partial charge is 0.347 e. The van der Waals surface area contributed by atoms with Gasteiger partial charge in [-0.25, -0.2) is 0 Å². The zero-order chi connectivity index (χ0) is 11.2. The van der Waals surface area contributed by atoms with Crippen LogP contribution in [0.3, 0.4) is 0 Å². The van der Waals surface area contributed by atoms with Crippen molar-refractivity contribution in [3.8, 4) is 0 Å². The fraction of sp³-hybridized carbons (Fsp3) is 0.727. The predicted molar refractivity (Wildman–Crippen MR) is 60.0 cm³/mol. The highest BCUT2D eigenvalue weighted by molar-refractivity contribution is 5.91. The SMILES string of the molecule is C=C(C)C(=O)NCC[N+](C)(C)CCC. The van der Waals surface area contributed by atoms with Crippen molar-refractivity contribution in [3.63, 3.8) is 0 Å². The number of nitrogens with zero attached hydrogens (tertiary/aromatic N) is 1. The van der Waals surface area contributed by atoms with Crippen molar-refractivity contribution < 1.29 is 9.28 Å². The van der Waals surface area contributed by atoms with Crippen LogP contribution in [0.2, 0.25) is 0 Å². The zero-order valence-corrected chi connectivity index (χ0v) is 9.89. The molecule has 0 aromatic heterocycles. The Morgan fingerprint density at radius 1 is 1.36 bits per heavy atom. The minimum absolute atomic E-state index is 0.0403. The Morgan fingerprint density at radius 2 is 1.93 bits per heavy atom. The Balaban J connectivity index is 3.73. The van der Waals surface area contributed by atoms with Crippen molar-refractivity contribution in [1.82, 2.24) is 5.32 Å². The summed E-state index contributed by atoms with van der Waals surface area (Å²) in [6.45, 7) is 10.3. The molecule has 0 saturated carbocycles. The monoisotopic (exact) mass is 199 g/mol. The van der Waals surface area contributed by atoms with E-state index in [4.69, 9.17) is 0 Å². The molecule has 82 valence electrons. The highest BCUT2D eigenvalue weighted by Gasteiger charge is 2.13. The molecule has 0 atom stereocenters. The van der Waals surface area contributed by atoms with Gasteiger partial charge < -0.3 is 9.80 Å². The van der Waals surface area contributed by atoms with E-state index in [1.54, 1.807) is 6.92 Å². The molecule has 0 aromatic rings. The average Bonchev–Trinajstić information content (AvgIpc) is 2.03. The molecule has 3 nitrogen and oxygen atoms in total. The molecule has 0 rings (SSSR count). The van der Waals surface area contributed by atoms with Crippen molar-refractivity contribution in [3.05, 3.63) is 12.2 Å². The molecule has 0 heterocycles. The maximum atomic E-state index is 11.2. The molecule has 0 saturated heterocycles. The fourth-order valence-corrected chi connectivity index (χ4v) is 1.34. The topological polar surface area (TPSA) is 29.1 Å². The van der Waals surface area contributed by atoms with Crippen LogP contribution in [0, 0.1) is 0 Å². The van der Waals surface area contributed by atoms with Gasteiger partial charge in [-0.1, -0.05) is 13.5 Å². The van der Waals surface area contributed by atoms with Crippen LogP contribution >= 0.6 is 0 Å². The smallest absolute Gasteiger partial charge is 0.246 e. The van der Waals surface area contributed by atoms with Gasteiger partial charge in [-0.2, -0.15) is 0 Å². The van der Waals surface area contributed by atoms with Crippen molar-refractivity contribution >= 4 is 5.91 Å². The first-order valence-corrected chi connectivity index (χ1v) is 5.15. The van der Waals surface area contributed by atoms with Crippen molar-refractivity contribution in [2.24, 2.45) is 0 Å². The lowest BCUT2D eigenvalue weighted by atomic mass is 10.3. The Bertz CT molecular complexity index is 209. The third-order valence-corrected chi connectivity index (χ3v) is 2.22. The van der Waals surface area contributed by atoms with Crippen LogP contribution in [-0.4, -0.2) is 44.1 Å². The molecule has 0 aliphatic rings. The Kier molecular flexibility index (Phi) is 5.46. The van der Waals surface area contributed by atoms with Gasteiger partial charge in [0.1, 0.15) is 0 Å². The summed E-state index contributed by atoms with van der Waals surface area (Å²) >= 11 is 0. The van der Waals surface area contributed by atoms with Gasteiger partial charge in [-0.15, -0.1) is 0 Å². The summed E-state index contributed by atoms with van der Waals surface area (Å²) < 4.78 is 0.951. The number of hydrogen-bond donors (Lipinski definition) is 1. The molecule has 0 unspecified atom stereocenters. The number of amides is 1. The maximum Gasteiger partial charge on any atom is 0.246 e. The van der Waals surface area contributed by atoms with E-state index in [1.165, 1.54) is 6.42 Å². The number of hydrogen-bond acceptors (Lipinski definition) is 1. The zero-order valence-electron chi connectivity index (χ0n) is 9.89. The summed E-state index contributed by atoms with van der Waals surface area (Å²) in [5, 5.41) is 2.84. The van der Waals surface area contributed by atoms with Gasteiger partial charge in [0.2, 0.25) is 5.91 Å². The summed E-state index contributed by atoms with van der Waals surface area (Å²) in [6, 6.07) is 0. The first kappa shape index (κ1) is 13.2. The quantitative estimate of drug-likeness (QED) is 0.505. The second kappa shape index (κ2) is 5.81. The summed E-state index contributed by atoms with van der Waals surface area (Å²) in [6.07, 6.45) is 1.17. The molecular formula is C11H23N2O+. The van der Waals surface area contributed by atoms with Crippen LogP contribution in [0.25, 0.3) is 0 Å². The molecule has 0 aliphatic carbocycles. The summed E-state index contributed by atoms with van der Waals surface area (Å²) in [4.78, 5) is 11.2. The Morgan fingerprint density at radius 3 is 2.36 bits per heavy atom.